The van der Waals surface area contributed by atoms with Gasteiger partial charge in [-0.3, -0.25) is 9.69 Å². The van der Waals surface area contributed by atoms with Gasteiger partial charge in [0, 0.05) is 32.7 Å². The standard InChI is InChI=1S/C23H27ClN2O3/c1-3-15-29-22(18-7-6-8-19(16-18)28-2)17-25-11-13-26(14-12-25)23(27)20-9-4-5-10-21(20)24/h3-10,16,22H,1,11-15,17H2,2H3. The van der Waals surface area contributed by atoms with Crippen molar-refractivity contribution in [1.82, 2.24) is 9.80 Å². The van der Waals surface area contributed by atoms with E-state index in [1.807, 2.05) is 41.3 Å². The predicted molar refractivity (Wildman–Crippen MR) is 116 cm³/mol. The van der Waals surface area contributed by atoms with Crippen LogP contribution < -0.4 is 4.74 Å². The van der Waals surface area contributed by atoms with Crippen LogP contribution in [0.5, 0.6) is 5.75 Å². The summed E-state index contributed by atoms with van der Waals surface area (Å²) in [4.78, 5) is 16.9. The van der Waals surface area contributed by atoms with Gasteiger partial charge in [-0.15, -0.1) is 6.58 Å². The molecule has 5 nitrogen and oxygen atoms in total. The maximum atomic E-state index is 12.8. The fourth-order valence-corrected chi connectivity index (χ4v) is 3.67. The number of nitrogens with zero attached hydrogens (tertiary/aromatic N) is 2. The monoisotopic (exact) mass is 414 g/mol. The Labute approximate surface area is 177 Å². The molecule has 1 aliphatic heterocycles. The Morgan fingerprint density at radius 3 is 2.62 bits per heavy atom. The van der Waals surface area contributed by atoms with E-state index < -0.39 is 0 Å². The van der Waals surface area contributed by atoms with E-state index in [1.54, 1.807) is 25.3 Å². The van der Waals surface area contributed by atoms with Gasteiger partial charge in [0.25, 0.3) is 5.91 Å². The van der Waals surface area contributed by atoms with Crippen LogP contribution in [0.25, 0.3) is 0 Å². The van der Waals surface area contributed by atoms with Gasteiger partial charge >= 0.3 is 0 Å². The first-order chi connectivity index (χ1) is 14.1. The molecule has 1 atom stereocenters. The van der Waals surface area contributed by atoms with E-state index in [2.05, 4.69) is 11.5 Å². The van der Waals surface area contributed by atoms with E-state index in [0.717, 1.165) is 30.9 Å². The number of benzene rings is 2. The number of halogens is 1. The second kappa shape index (κ2) is 10.4. The largest absolute Gasteiger partial charge is 0.497 e. The van der Waals surface area contributed by atoms with Gasteiger partial charge in [-0.05, 0) is 29.8 Å². The van der Waals surface area contributed by atoms with Crippen LogP contribution in [0.15, 0.2) is 61.2 Å². The summed E-state index contributed by atoms with van der Waals surface area (Å²) < 4.78 is 11.4. The van der Waals surface area contributed by atoms with E-state index in [9.17, 15) is 4.79 Å². The van der Waals surface area contributed by atoms with Gasteiger partial charge in [-0.1, -0.05) is 41.9 Å². The molecule has 2 aromatic carbocycles. The van der Waals surface area contributed by atoms with Crippen molar-refractivity contribution in [3.63, 3.8) is 0 Å². The van der Waals surface area contributed by atoms with Crippen molar-refractivity contribution in [2.45, 2.75) is 6.10 Å². The molecular weight excluding hydrogens is 388 g/mol. The number of ether oxygens (including phenoxy) is 2. The van der Waals surface area contributed by atoms with Crippen LogP contribution >= 0.6 is 11.6 Å². The van der Waals surface area contributed by atoms with Crippen molar-refractivity contribution < 1.29 is 14.3 Å². The molecule has 0 aromatic heterocycles. The van der Waals surface area contributed by atoms with E-state index in [-0.39, 0.29) is 12.0 Å². The Bertz CT molecular complexity index is 834. The summed E-state index contributed by atoms with van der Waals surface area (Å²) >= 11 is 6.18. The Balaban J connectivity index is 1.61. The van der Waals surface area contributed by atoms with Crippen LogP contribution in [0.2, 0.25) is 5.02 Å². The van der Waals surface area contributed by atoms with Gasteiger partial charge in [0.2, 0.25) is 0 Å². The Morgan fingerprint density at radius 1 is 1.17 bits per heavy atom. The van der Waals surface area contributed by atoms with Crippen molar-refractivity contribution >= 4 is 17.5 Å². The predicted octanol–water partition coefficient (Wildman–Crippen LogP) is 4.05. The molecule has 1 saturated heterocycles. The molecule has 2 aromatic rings. The molecular formula is C23H27ClN2O3. The van der Waals surface area contributed by atoms with E-state index >= 15 is 0 Å². The van der Waals surface area contributed by atoms with E-state index in [0.29, 0.717) is 30.3 Å². The van der Waals surface area contributed by atoms with Crippen molar-refractivity contribution in [3.05, 3.63) is 77.3 Å². The van der Waals surface area contributed by atoms with Crippen LogP contribution in [-0.2, 0) is 4.74 Å². The minimum absolute atomic E-state index is 0.0116. The first kappa shape index (κ1) is 21.4. The number of carbonyl (C=O) groups is 1. The maximum Gasteiger partial charge on any atom is 0.255 e. The highest BCUT2D eigenvalue weighted by molar-refractivity contribution is 6.33. The molecule has 0 aliphatic carbocycles. The van der Waals surface area contributed by atoms with Gasteiger partial charge in [0.1, 0.15) is 5.75 Å². The third-order valence-electron chi connectivity index (χ3n) is 5.07. The lowest BCUT2D eigenvalue weighted by Gasteiger charge is -2.36. The molecule has 1 amide bonds. The fraction of sp³-hybridized carbons (Fsp3) is 0.348. The van der Waals surface area contributed by atoms with Gasteiger partial charge in [0.05, 0.1) is 30.4 Å². The van der Waals surface area contributed by atoms with Gasteiger partial charge in [-0.2, -0.15) is 0 Å². The quantitative estimate of drug-likeness (QED) is 0.611. The van der Waals surface area contributed by atoms with Crippen molar-refractivity contribution in [2.24, 2.45) is 0 Å². The number of carbonyl (C=O) groups excluding carboxylic acids is 1. The zero-order valence-electron chi connectivity index (χ0n) is 16.7. The normalized spacial score (nSPS) is 15.7. The van der Waals surface area contributed by atoms with Gasteiger partial charge in [0.15, 0.2) is 0 Å². The minimum atomic E-state index is -0.0890. The SMILES string of the molecule is C=CCOC(CN1CCN(C(=O)c2ccccc2Cl)CC1)c1cccc(OC)c1. The minimum Gasteiger partial charge on any atom is -0.497 e. The molecule has 0 bridgehead atoms. The second-order valence-corrected chi connectivity index (χ2v) is 7.37. The summed E-state index contributed by atoms with van der Waals surface area (Å²) in [6, 6.07) is 15.1. The lowest BCUT2D eigenvalue weighted by molar-refractivity contribution is 0.0244. The van der Waals surface area contributed by atoms with Crippen molar-refractivity contribution in [1.29, 1.82) is 0 Å². The average Bonchev–Trinajstić information content (AvgIpc) is 2.77. The molecule has 3 rings (SSSR count). The first-order valence-corrected chi connectivity index (χ1v) is 10.1. The highest BCUT2D eigenvalue weighted by atomic mass is 35.5. The highest BCUT2D eigenvalue weighted by Crippen LogP contribution is 2.24. The smallest absolute Gasteiger partial charge is 0.255 e. The van der Waals surface area contributed by atoms with Gasteiger partial charge < -0.3 is 14.4 Å². The Kier molecular flexibility index (Phi) is 7.69. The van der Waals surface area contributed by atoms with Crippen LogP contribution in [0, 0.1) is 0 Å². The Morgan fingerprint density at radius 2 is 1.93 bits per heavy atom. The summed E-state index contributed by atoms with van der Waals surface area (Å²) in [7, 11) is 1.66. The molecule has 0 saturated carbocycles. The molecule has 1 fully saturated rings. The molecule has 1 aliphatic rings. The van der Waals surface area contributed by atoms with Gasteiger partial charge in [-0.25, -0.2) is 0 Å². The van der Waals surface area contributed by atoms with Crippen LogP contribution in [0.1, 0.15) is 22.0 Å². The highest BCUT2D eigenvalue weighted by Gasteiger charge is 2.25. The zero-order chi connectivity index (χ0) is 20.6. The lowest BCUT2D eigenvalue weighted by Crippen LogP contribution is -2.49. The van der Waals surface area contributed by atoms with Crippen LogP contribution in [-0.4, -0.2) is 62.1 Å². The van der Waals surface area contributed by atoms with Crippen molar-refractivity contribution in [3.8, 4) is 5.75 Å². The molecule has 6 heteroatoms. The third-order valence-corrected chi connectivity index (χ3v) is 5.40. The summed E-state index contributed by atoms with van der Waals surface area (Å²) in [6.07, 6.45) is 1.67. The fourth-order valence-electron chi connectivity index (χ4n) is 3.45. The third kappa shape index (κ3) is 5.60. The molecule has 0 radical (unpaired) electrons. The summed E-state index contributed by atoms with van der Waals surface area (Å²) in [5.41, 5.74) is 1.63. The molecule has 29 heavy (non-hydrogen) atoms. The maximum absolute atomic E-state index is 12.8. The average molecular weight is 415 g/mol. The second-order valence-electron chi connectivity index (χ2n) is 6.96. The summed E-state index contributed by atoms with van der Waals surface area (Å²) in [5.74, 6) is 0.798. The number of methoxy groups -OCH3 is 1. The van der Waals surface area contributed by atoms with Crippen molar-refractivity contribution in [2.75, 3.05) is 46.4 Å². The van der Waals surface area contributed by atoms with Crippen LogP contribution in [0.4, 0.5) is 0 Å². The lowest BCUT2D eigenvalue weighted by atomic mass is 10.1. The number of amides is 1. The molecule has 0 N–H and O–H groups in total. The molecule has 1 unspecified atom stereocenters. The molecule has 154 valence electrons. The topological polar surface area (TPSA) is 42.0 Å². The number of piperazine rings is 1. The van der Waals surface area contributed by atoms with E-state index in [4.69, 9.17) is 21.1 Å². The Hall–Kier alpha value is -2.34. The number of rotatable bonds is 8. The summed E-state index contributed by atoms with van der Waals surface area (Å²) in [6.45, 7) is 7.88. The first-order valence-electron chi connectivity index (χ1n) is 9.75. The molecule has 1 heterocycles. The van der Waals surface area contributed by atoms with E-state index in [1.165, 1.54) is 0 Å². The molecule has 0 spiro atoms. The zero-order valence-corrected chi connectivity index (χ0v) is 17.5. The van der Waals surface area contributed by atoms with Crippen LogP contribution in [0.3, 0.4) is 0 Å². The number of hydrogen-bond acceptors (Lipinski definition) is 4. The number of hydrogen-bond donors (Lipinski definition) is 0. The summed E-state index contributed by atoms with van der Waals surface area (Å²) in [5, 5.41) is 0.496.